The number of guanidine groups is 2. The van der Waals surface area contributed by atoms with Gasteiger partial charge >= 0.3 is 0 Å². The average molecular weight is 439 g/mol. The summed E-state index contributed by atoms with van der Waals surface area (Å²) in [6.07, 6.45) is 0. The third-order valence-corrected chi connectivity index (χ3v) is 8.10. The topological polar surface area (TPSA) is 71.8 Å². The molecule has 0 saturated carbocycles. The molecule has 8 nitrogen and oxygen atoms in total. The molecule has 3 heterocycles. The molecule has 5 rings (SSSR count). The quantitative estimate of drug-likeness (QED) is 0.611. The van der Waals surface area contributed by atoms with Crippen LogP contribution in [0.2, 0.25) is 0 Å². The Morgan fingerprint density at radius 1 is 0.645 bits per heavy atom. The first-order valence-electron chi connectivity index (χ1n) is 10.3. The first-order valence-corrected chi connectivity index (χ1v) is 11.8. The summed E-state index contributed by atoms with van der Waals surface area (Å²) in [7, 11) is 4.11. The maximum absolute atomic E-state index is 13.8. The second kappa shape index (κ2) is 6.98. The maximum Gasteiger partial charge on any atom is 0.212 e. The summed E-state index contributed by atoms with van der Waals surface area (Å²) in [6, 6.07) is 11.0. The molecule has 3 aliphatic heterocycles. The molecule has 162 valence electrons. The van der Waals surface area contributed by atoms with Crippen LogP contribution in [0.1, 0.15) is 0 Å². The number of likely N-dealkylation sites (N-methyl/N-ethyl adjacent to an activating group) is 4. The van der Waals surface area contributed by atoms with Crippen molar-refractivity contribution in [1.29, 1.82) is 0 Å². The van der Waals surface area contributed by atoms with Gasteiger partial charge in [-0.3, -0.25) is 0 Å². The molecule has 2 aromatic carbocycles. The molecule has 0 N–H and O–H groups in total. The molecule has 0 bridgehead atoms. The Labute approximate surface area is 183 Å². The second-order valence-corrected chi connectivity index (χ2v) is 10.1. The van der Waals surface area contributed by atoms with Gasteiger partial charge in [0.1, 0.15) is 9.79 Å². The summed E-state index contributed by atoms with van der Waals surface area (Å²) in [5.74, 6) is 1.54. The van der Waals surface area contributed by atoms with Crippen molar-refractivity contribution in [2.45, 2.75) is 9.79 Å². The predicted octanol–water partition coefficient (Wildman–Crippen LogP) is 2.23. The Kier molecular flexibility index (Phi) is 4.47. The highest BCUT2D eigenvalue weighted by atomic mass is 32.2. The van der Waals surface area contributed by atoms with Crippen LogP contribution in [0.25, 0.3) is 11.1 Å². The normalized spacial score (nSPS) is 19.2. The average Bonchev–Trinajstić information content (AvgIpc) is 3.31. The van der Waals surface area contributed by atoms with Gasteiger partial charge in [0.05, 0.1) is 11.4 Å². The van der Waals surface area contributed by atoms with Gasteiger partial charge in [0.15, 0.2) is 0 Å². The molecule has 2 saturated heterocycles. The van der Waals surface area contributed by atoms with E-state index >= 15 is 0 Å². The first-order chi connectivity index (χ1) is 14.8. The van der Waals surface area contributed by atoms with Gasteiger partial charge in [0.25, 0.3) is 0 Å². The van der Waals surface area contributed by atoms with E-state index in [2.05, 4.69) is 0 Å². The van der Waals surface area contributed by atoms with Crippen LogP contribution in [0.5, 0.6) is 0 Å². The summed E-state index contributed by atoms with van der Waals surface area (Å²) in [4.78, 5) is 18.2. The summed E-state index contributed by atoms with van der Waals surface area (Å²) >= 11 is 0. The van der Waals surface area contributed by atoms with E-state index in [0.29, 0.717) is 22.5 Å². The lowest BCUT2D eigenvalue weighted by Gasteiger charge is -2.17. The molecule has 0 unspecified atom stereocenters. The van der Waals surface area contributed by atoms with E-state index in [1.807, 2.05) is 72.1 Å². The Bertz CT molecular complexity index is 1120. The molecule has 2 fully saturated rings. The fourth-order valence-corrected chi connectivity index (χ4v) is 6.37. The van der Waals surface area contributed by atoms with Gasteiger partial charge in [0.2, 0.25) is 21.8 Å². The molecule has 0 aliphatic carbocycles. The van der Waals surface area contributed by atoms with Gasteiger partial charge in [-0.15, -0.1) is 0 Å². The van der Waals surface area contributed by atoms with Crippen molar-refractivity contribution < 1.29 is 8.42 Å². The van der Waals surface area contributed by atoms with Crippen LogP contribution in [0, 0.1) is 0 Å². The van der Waals surface area contributed by atoms with E-state index in [9.17, 15) is 8.42 Å². The van der Waals surface area contributed by atoms with Crippen molar-refractivity contribution in [3.63, 3.8) is 0 Å². The van der Waals surface area contributed by atoms with Crippen LogP contribution in [0.4, 0.5) is 11.4 Å². The highest BCUT2D eigenvalue weighted by molar-refractivity contribution is 7.92. The fourth-order valence-electron chi connectivity index (χ4n) is 4.46. The van der Waals surface area contributed by atoms with E-state index in [1.165, 1.54) is 0 Å². The van der Waals surface area contributed by atoms with E-state index in [-0.39, 0.29) is 9.79 Å². The molecule has 0 radical (unpaired) electrons. The minimum atomic E-state index is -3.77. The smallest absolute Gasteiger partial charge is 0.212 e. The van der Waals surface area contributed by atoms with Crippen LogP contribution in [0.3, 0.4) is 0 Å². The lowest BCUT2D eigenvalue weighted by atomic mass is 10.0. The Hall–Kier alpha value is -3.07. The maximum atomic E-state index is 13.8. The van der Waals surface area contributed by atoms with Gasteiger partial charge < -0.3 is 19.6 Å². The summed E-state index contributed by atoms with van der Waals surface area (Å²) < 4.78 is 27.6. The van der Waals surface area contributed by atoms with Gasteiger partial charge in [-0.05, 0) is 12.1 Å². The number of fused-ring (bicyclic) bond motifs is 3. The standard InChI is InChI=1S/C22H26N6O2S/c1-25-11-12-26(2)21(25)23-17-9-5-7-15-16-8-6-10-18(20(16)31(29,30)19(15)17)24-22-27(3)13-14-28(22)4/h5-10H,11-14H2,1-4H3. The van der Waals surface area contributed by atoms with Crippen molar-refractivity contribution in [3.05, 3.63) is 36.4 Å². The molecular weight excluding hydrogens is 412 g/mol. The zero-order valence-electron chi connectivity index (χ0n) is 18.2. The van der Waals surface area contributed by atoms with Crippen LogP contribution in [-0.4, -0.2) is 94.3 Å². The largest absolute Gasteiger partial charge is 0.344 e. The minimum absolute atomic E-state index is 0.270. The van der Waals surface area contributed by atoms with Crippen molar-refractivity contribution >= 4 is 33.1 Å². The minimum Gasteiger partial charge on any atom is -0.344 e. The predicted molar refractivity (Wildman–Crippen MR) is 122 cm³/mol. The lowest BCUT2D eigenvalue weighted by molar-refractivity contribution is 0.553. The number of nitrogens with zero attached hydrogens (tertiary/aromatic N) is 6. The van der Waals surface area contributed by atoms with Gasteiger partial charge in [-0.2, -0.15) is 0 Å². The molecular formula is C22H26N6O2S. The highest BCUT2D eigenvalue weighted by Gasteiger charge is 2.38. The van der Waals surface area contributed by atoms with E-state index in [4.69, 9.17) is 9.98 Å². The van der Waals surface area contributed by atoms with E-state index in [1.54, 1.807) is 12.1 Å². The van der Waals surface area contributed by atoms with E-state index in [0.717, 1.165) is 38.1 Å². The van der Waals surface area contributed by atoms with Gasteiger partial charge in [0, 0.05) is 65.5 Å². The molecule has 0 spiro atoms. The molecule has 2 aromatic rings. The third kappa shape index (κ3) is 2.98. The monoisotopic (exact) mass is 438 g/mol. The zero-order valence-corrected chi connectivity index (χ0v) is 19.0. The van der Waals surface area contributed by atoms with Crippen LogP contribution < -0.4 is 0 Å². The fraction of sp³-hybridized carbons (Fsp3) is 0.364. The molecule has 9 heteroatoms. The number of aliphatic imine (C=N–C) groups is 2. The van der Waals surface area contributed by atoms with E-state index < -0.39 is 9.84 Å². The Balaban J connectivity index is 1.69. The summed E-state index contributed by atoms with van der Waals surface area (Å²) in [6.45, 7) is 3.44. The van der Waals surface area contributed by atoms with Crippen LogP contribution >= 0.6 is 0 Å². The molecule has 0 amide bonds. The number of benzene rings is 2. The van der Waals surface area contributed by atoms with Crippen molar-refractivity contribution in [2.75, 3.05) is 54.4 Å². The lowest BCUT2D eigenvalue weighted by Crippen LogP contribution is -2.28. The summed E-state index contributed by atoms with van der Waals surface area (Å²) in [5.41, 5.74) is 2.32. The van der Waals surface area contributed by atoms with Crippen molar-refractivity contribution in [2.24, 2.45) is 9.98 Å². The SMILES string of the molecule is CN1CCN(C)C1=Nc1cccc2c1S(=O)(=O)c1c(N=C3N(C)CCN3C)cccc1-2. The Morgan fingerprint density at radius 3 is 1.35 bits per heavy atom. The molecule has 0 atom stereocenters. The van der Waals surface area contributed by atoms with Crippen molar-refractivity contribution in [1.82, 2.24) is 19.6 Å². The third-order valence-electron chi connectivity index (χ3n) is 6.16. The number of hydrogen-bond donors (Lipinski definition) is 0. The number of rotatable bonds is 2. The molecule has 31 heavy (non-hydrogen) atoms. The van der Waals surface area contributed by atoms with Gasteiger partial charge in [-0.1, -0.05) is 24.3 Å². The van der Waals surface area contributed by atoms with Gasteiger partial charge in [-0.25, -0.2) is 18.4 Å². The van der Waals surface area contributed by atoms with Crippen LogP contribution in [0.15, 0.2) is 56.2 Å². The highest BCUT2D eigenvalue weighted by Crippen LogP contribution is 2.50. The summed E-state index contributed by atoms with van der Waals surface area (Å²) in [5, 5.41) is 0. The molecule has 3 aliphatic rings. The zero-order chi connectivity index (χ0) is 21.9. The number of hydrogen-bond acceptors (Lipinski definition) is 4. The first kappa shape index (κ1) is 19.9. The Morgan fingerprint density at radius 2 is 1.00 bits per heavy atom. The number of sulfone groups is 1. The molecule has 0 aromatic heterocycles. The van der Waals surface area contributed by atoms with Crippen molar-refractivity contribution in [3.8, 4) is 11.1 Å². The second-order valence-electron chi connectivity index (χ2n) is 8.32. The van der Waals surface area contributed by atoms with Crippen LogP contribution in [-0.2, 0) is 9.84 Å².